The molecule has 22 heavy (non-hydrogen) atoms. The maximum absolute atomic E-state index is 13.2. The molecule has 2 fully saturated rings. The standard InChI is InChI=1S/C18H24FNO2/c1-22-13-18(10-4-11-18)17(21)20-12-3-2-5-16(20)14-6-8-15(19)9-7-14/h6-9,16H,2-5,10-13H2,1H3. The van der Waals surface area contributed by atoms with Crippen LogP contribution < -0.4 is 0 Å². The monoisotopic (exact) mass is 305 g/mol. The molecule has 0 aromatic heterocycles. The number of halogens is 1. The number of rotatable bonds is 4. The zero-order chi connectivity index (χ0) is 15.6. The minimum atomic E-state index is -0.315. The van der Waals surface area contributed by atoms with E-state index in [9.17, 15) is 9.18 Å². The van der Waals surface area contributed by atoms with Gasteiger partial charge in [0.25, 0.3) is 0 Å². The molecule has 3 nitrogen and oxygen atoms in total. The van der Waals surface area contributed by atoms with Gasteiger partial charge < -0.3 is 9.64 Å². The highest BCUT2D eigenvalue weighted by atomic mass is 19.1. The van der Waals surface area contributed by atoms with Crippen molar-refractivity contribution in [2.24, 2.45) is 5.41 Å². The first-order chi connectivity index (χ1) is 10.7. The Morgan fingerprint density at radius 1 is 1.27 bits per heavy atom. The molecule has 1 unspecified atom stereocenters. The summed E-state index contributed by atoms with van der Waals surface area (Å²) in [4.78, 5) is 15.1. The predicted octanol–water partition coefficient (Wildman–Crippen LogP) is 3.70. The van der Waals surface area contributed by atoms with E-state index in [1.807, 2.05) is 17.0 Å². The largest absolute Gasteiger partial charge is 0.384 e. The van der Waals surface area contributed by atoms with E-state index in [1.165, 1.54) is 12.1 Å². The fourth-order valence-corrected chi connectivity index (χ4v) is 3.81. The Morgan fingerprint density at radius 3 is 2.59 bits per heavy atom. The van der Waals surface area contributed by atoms with Gasteiger partial charge in [-0.2, -0.15) is 0 Å². The minimum absolute atomic E-state index is 0.0798. The zero-order valence-corrected chi connectivity index (χ0v) is 13.2. The van der Waals surface area contributed by atoms with Crippen LogP contribution in [0.15, 0.2) is 24.3 Å². The van der Waals surface area contributed by atoms with Gasteiger partial charge in [0.2, 0.25) is 5.91 Å². The number of benzene rings is 1. The molecule has 1 heterocycles. The Balaban J connectivity index is 1.83. The van der Waals surface area contributed by atoms with E-state index >= 15 is 0 Å². The molecule has 0 radical (unpaired) electrons. The maximum atomic E-state index is 13.2. The SMILES string of the molecule is COCC1(C(=O)N2CCCCC2c2ccc(F)cc2)CCC1. The first-order valence-electron chi connectivity index (χ1n) is 8.22. The molecule has 1 saturated heterocycles. The van der Waals surface area contributed by atoms with Crippen molar-refractivity contribution in [3.63, 3.8) is 0 Å². The number of hydrogen-bond donors (Lipinski definition) is 0. The van der Waals surface area contributed by atoms with Crippen LogP contribution in [0.4, 0.5) is 4.39 Å². The van der Waals surface area contributed by atoms with Crippen LogP contribution >= 0.6 is 0 Å². The van der Waals surface area contributed by atoms with Crippen LogP contribution in [0.2, 0.25) is 0 Å². The second-order valence-corrected chi connectivity index (χ2v) is 6.63. The lowest BCUT2D eigenvalue weighted by atomic mass is 9.68. The zero-order valence-electron chi connectivity index (χ0n) is 13.2. The summed E-state index contributed by atoms with van der Waals surface area (Å²) in [6, 6.07) is 6.68. The van der Waals surface area contributed by atoms with Crippen LogP contribution in [-0.4, -0.2) is 31.1 Å². The van der Waals surface area contributed by atoms with E-state index in [0.29, 0.717) is 6.61 Å². The van der Waals surface area contributed by atoms with Gasteiger partial charge in [0.05, 0.1) is 18.1 Å². The van der Waals surface area contributed by atoms with Crippen molar-refractivity contribution in [2.45, 2.75) is 44.6 Å². The van der Waals surface area contributed by atoms with Gasteiger partial charge >= 0.3 is 0 Å². The molecule has 4 heteroatoms. The van der Waals surface area contributed by atoms with Gasteiger partial charge in [-0.05, 0) is 49.8 Å². The summed E-state index contributed by atoms with van der Waals surface area (Å²) in [6.07, 6.45) is 6.07. The van der Waals surface area contributed by atoms with Crippen molar-refractivity contribution >= 4 is 5.91 Å². The van der Waals surface area contributed by atoms with Gasteiger partial charge in [-0.25, -0.2) is 4.39 Å². The Labute approximate surface area is 131 Å². The average molecular weight is 305 g/mol. The van der Waals surface area contributed by atoms with Crippen LogP contribution in [0.3, 0.4) is 0 Å². The van der Waals surface area contributed by atoms with E-state index < -0.39 is 0 Å². The molecule has 1 aliphatic heterocycles. The van der Waals surface area contributed by atoms with E-state index in [0.717, 1.165) is 50.6 Å². The third kappa shape index (κ3) is 2.76. The molecule has 3 rings (SSSR count). The Morgan fingerprint density at radius 2 is 2.00 bits per heavy atom. The van der Waals surface area contributed by atoms with Gasteiger partial charge in [0.1, 0.15) is 5.82 Å². The van der Waals surface area contributed by atoms with Crippen LogP contribution in [0.1, 0.15) is 50.1 Å². The quantitative estimate of drug-likeness (QED) is 0.849. The van der Waals surface area contributed by atoms with E-state index in [4.69, 9.17) is 4.74 Å². The first-order valence-corrected chi connectivity index (χ1v) is 8.22. The number of ether oxygens (including phenoxy) is 1. The molecule has 0 spiro atoms. The van der Waals surface area contributed by atoms with Crippen LogP contribution in [-0.2, 0) is 9.53 Å². The molecule has 1 aromatic carbocycles. The van der Waals surface area contributed by atoms with E-state index in [-0.39, 0.29) is 23.2 Å². The number of likely N-dealkylation sites (tertiary alicyclic amines) is 1. The summed E-state index contributed by atoms with van der Waals surface area (Å²) in [5.74, 6) is 0.00177. The van der Waals surface area contributed by atoms with Crippen LogP contribution in [0.25, 0.3) is 0 Å². The number of carbonyl (C=O) groups excluding carboxylic acids is 1. The number of carbonyl (C=O) groups is 1. The molecule has 1 saturated carbocycles. The first kappa shape index (κ1) is 15.5. The van der Waals surface area contributed by atoms with Crippen molar-refractivity contribution in [3.8, 4) is 0 Å². The fourth-order valence-electron chi connectivity index (χ4n) is 3.81. The lowest BCUT2D eigenvalue weighted by Crippen LogP contribution is -2.52. The number of methoxy groups -OCH3 is 1. The Hall–Kier alpha value is -1.42. The third-order valence-electron chi connectivity index (χ3n) is 5.20. The lowest BCUT2D eigenvalue weighted by Gasteiger charge is -2.46. The highest BCUT2D eigenvalue weighted by molar-refractivity contribution is 5.84. The number of amides is 1. The molecule has 1 aromatic rings. The summed E-state index contributed by atoms with van der Waals surface area (Å²) >= 11 is 0. The highest BCUT2D eigenvalue weighted by Gasteiger charge is 2.48. The third-order valence-corrected chi connectivity index (χ3v) is 5.20. The molecular weight excluding hydrogens is 281 g/mol. The van der Waals surface area contributed by atoms with Gasteiger partial charge in [0.15, 0.2) is 0 Å². The van der Waals surface area contributed by atoms with Gasteiger partial charge in [-0.15, -0.1) is 0 Å². The van der Waals surface area contributed by atoms with Crippen molar-refractivity contribution in [2.75, 3.05) is 20.3 Å². The second-order valence-electron chi connectivity index (χ2n) is 6.63. The fraction of sp³-hybridized carbons (Fsp3) is 0.611. The topological polar surface area (TPSA) is 29.5 Å². The summed E-state index contributed by atoms with van der Waals surface area (Å²) in [6.45, 7) is 1.31. The molecule has 1 aliphatic carbocycles. The average Bonchev–Trinajstić information content (AvgIpc) is 2.51. The molecule has 1 atom stereocenters. The second kappa shape index (κ2) is 6.37. The number of hydrogen-bond acceptors (Lipinski definition) is 2. The van der Waals surface area contributed by atoms with Gasteiger partial charge in [0, 0.05) is 13.7 Å². The predicted molar refractivity (Wildman–Crippen MR) is 82.9 cm³/mol. The molecule has 2 aliphatic rings. The normalized spacial score (nSPS) is 23.9. The lowest BCUT2D eigenvalue weighted by molar-refractivity contribution is -0.156. The summed E-state index contributed by atoms with van der Waals surface area (Å²) in [5, 5.41) is 0. The van der Waals surface area contributed by atoms with Gasteiger partial charge in [-0.1, -0.05) is 18.6 Å². The number of piperidine rings is 1. The van der Waals surface area contributed by atoms with Crippen molar-refractivity contribution in [1.82, 2.24) is 4.90 Å². The summed E-state index contributed by atoms with van der Waals surface area (Å²) in [5.41, 5.74) is 0.728. The van der Waals surface area contributed by atoms with Crippen LogP contribution in [0.5, 0.6) is 0 Å². The minimum Gasteiger partial charge on any atom is -0.384 e. The molecule has 0 N–H and O–H groups in total. The Bertz CT molecular complexity index is 524. The van der Waals surface area contributed by atoms with Crippen molar-refractivity contribution in [3.05, 3.63) is 35.6 Å². The van der Waals surface area contributed by atoms with Crippen LogP contribution in [0, 0.1) is 11.2 Å². The molecular formula is C18H24FNO2. The van der Waals surface area contributed by atoms with E-state index in [2.05, 4.69) is 0 Å². The summed E-state index contributed by atoms with van der Waals surface area (Å²) in [7, 11) is 1.67. The van der Waals surface area contributed by atoms with E-state index in [1.54, 1.807) is 7.11 Å². The Kier molecular flexibility index (Phi) is 4.48. The van der Waals surface area contributed by atoms with Crippen molar-refractivity contribution in [1.29, 1.82) is 0 Å². The smallest absolute Gasteiger partial charge is 0.231 e. The molecule has 120 valence electrons. The summed E-state index contributed by atoms with van der Waals surface area (Å²) < 4.78 is 18.5. The highest BCUT2D eigenvalue weighted by Crippen LogP contribution is 2.45. The number of nitrogens with zero attached hydrogens (tertiary/aromatic N) is 1. The molecule has 0 bridgehead atoms. The van der Waals surface area contributed by atoms with Gasteiger partial charge in [-0.3, -0.25) is 4.79 Å². The maximum Gasteiger partial charge on any atom is 0.231 e. The molecule has 1 amide bonds. The van der Waals surface area contributed by atoms with Crippen molar-refractivity contribution < 1.29 is 13.9 Å².